The van der Waals surface area contributed by atoms with Gasteiger partial charge in [-0.25, -0.2) is 0 Å². The molecule has 98 valence electrons. The minimum Gasteiger partial charge on any atom is -0.484 e. The number of nitrogens with two attached hydrogens (primary N) is 1. The molecule has 1 aliphatic rings. The number of carbonyl (C=O) groups excluding carboxylic acids is 1. The summed E-state index contributed by atoms with van der Waals surface area (Å²) in [6.07, 6.45) is 3.49. The first-order valence-corrected chi connectivity index (χ1v) is 6.48. The molecule has 0 aromatic heterocycles. The summed E-state index contributed by atoms with van der Waals surface area (Å²) in [5.74, 6) is 0.272. The topological polar surface area (TPSA) is 64.3 Å². The fourth-order valence-corrected chi connectivity index (χ4v) is 2.48. The van der Waals surface area contributed by atoms with Crippen molar-refractivity contribution in [3.05, 3.63) is 29.3 Å². The van der Waals surface area contributed by atoms with E-state index < -0.39 is 5.91 Å². The maximum atomic E-state index is 10.7. The van der Waals surface area contributed by atoms with Crippen molar-refractivity contribution in [3.63, 3.8) is 0 Å². The highest BCUT2D eigenvalue weighted by molar-refractivity contribution is 5.75. The van der Waals surface area contributed by atoms with E-state index in [1.165, 1.54) is 17.5 Å². The van der Waals surface area contributed by atoms with Crippen LogP contribution in [0.1, 0.15) is 36.9 Å². The van der Waals surface area contributed by atoms with E-state index >= 15 is 0 Å². The largest absolute Gasteiger partial charge is 0.484 e. The molecule has 0 saturated carbocycles. The van der Waals surface area contributed by atoms with Crippen LogP contribution in [0.3, 0.4) is 0 Å². The molecule has 1 amide bonds. The molecule has 1 aromatic carbocycles. The number of amides is 1. The minimum absolute atomic E-state index is 0.0648. The van der Waals surface area contributed by atoms with Gasteiger partial charge in [0, 0.05) is 6.04 Å². The Morgan fingerprint density at radius 3 is 3.11 bits per heavy atom. The summed E-state index contributed by atoms with van der Waals surface area (Å²) in [6, 6.07) is 6.44. The SMILES string of the molecule is CCNC1CCCc2ccc(OCC(N)=O)cc21. The van der Waals surface area contributed by atoms with E-state index in [-0.39, 0.29) is 6.61 Å². The number of rotatable bonds is 5. The maximum Gasteiger partial charge on any atom is 0.255 e. The molecule has 1 unspecified atom stereocenters. The van der Waals surface area contributed by atoms with Crippen LogP contribution < -0.4 is 15.8 Å². The number of ether oxygens (including phenoxy) is 1. The van der Waals surface area contributed by atoms with Crippen LogP contribution in [-0.4, -0.2) is 19.1 Å². The molecule has 1 aliphatic carbocycles. The molecular formula is C14H20N2O2. The van der Waals surface area contributed by atoms with Gasteiger partial charge in [-0.2, -0.15) is 0 Å². The molecule has 0 spiro atoms. The quantitative estimate of drug-likeness (QED) is 0.830. The summed E-state index contributed by atoms with van der Waals surface area (Å²) in [5, 5.41) is 3.49. The Balaban J connectivity index is 2.16. The van der Waals surface area contributed by atoms with Crippen molar-refractivity contribution < 1.29 is 9.53 Å². The van der Waals surface area contributed by atoms with Crippen molar-refractivity contribution in [1.82, 2.24) is 5.32 Å². The lowest BCUT2D eigenvalue weighted by molar-refractivity contribution is -0.119. The highest BCUT2D eigenvalue weighted by Crippen LogP contribution is 2.32. The van der Waals surface area contributed by atoms with Gasteiger partial charge in [0.2, 0.25) is 0 Å². The van der Waals surface area contributed by atoms with Crippen LogP contribution in [0.5, 0.6) is 5.75 Å². The maximum absolute atomic E-state index is 10.7. The van der Waals surface area contributed by atoms with Crippen LogP contribution in [0.2, 0.25) is 0 Å². The molecule has 0 fully saturated rings. The number of hydrogen-bond donors (Lipinski definition) is 2. The lowest BCUT2D eigenvalue weighted by Gasteiger charge is -2.26. The first kappa shape index (κ1) is 12.9. The van der Waals surface area contributed by atoms with Crippen molar-refractivity contribution in [2.24, 2.45) is 5.73 Å². The lowest BCUT2D eigenvalue weighted by atomic mass is 9.87. The molecule has 2 rings (SSSR count). The van der Waals surface area contributed by atoms with Crippen LogP contribution in [0, 0.1) is 0 Å². The molecule has 4 heteroatoms. The first-order chi connectivity index (χ1) is 8.70. The van der Waals surface area contributed by atoms with E-state index in [4.69, 9.17) is 10.5 Å². The van der Waals surface area contributed by atoms with Crippen molar-refractivity contribution >= 4 is 5.91 Å². The Kier molecular flexibility index (Phi) is 4.20. The van der Waals surface area contributed by atoms with Gasteiger partial charge in [-0.1, -0.05) is 13.0 Å². The zero-order valence-electron chi connectivity index (χ0n) is 10.7. The lowest BCUT2D eigenvalue weighted by Crippen LogP contribution is -2.25. The van der Waals surface area contributed by atoms with E-state index in [2.05, 4.69) is 18.3 Å². The van der Waals surface area contributed by atoms with Gasteiger partial charge < -0.3 is 15.8 Å². The van der Waals surface area contributed by atoms with E-state index in [9.17, 15) is 4.79 Å². The average molecular weight is 248 g/mol. The molecule has 4 nitrogen and oxygen atoms in total. The third-order valence-corrected chi connectivity index (χ3v) is 3.26. The summed E-state index contributed by atoms with van der Waals surface area (Å²) in [5.41, 5.74) is 7.75. The van der Waals surface area contributed by atoms with Gasteiger partial charge in [0.15, 0.2) is 6.61 Å². The summed E-state index contributed by atoms with van der Waals surface area (Å²) >= 11 is 0. The number of aryl methyl sites for hydroxylation is 1. The molecule has 1 aromatic rings. The summed E-state index contributed by atoms with van der Waals surface area (Å²) in [4.78, 5) is 10.7. The second kappa shape index (κ2) is 5.87. The number of hydrogen-bond acceptors (Lipinski definition) is 3. The normalized spacial score (nSPS) is 18.2. The zero-order valence-corrected chi connectivity index (χ0v) is 10.7. The molecule has 18 heavy (non-hydrogen) atoms. The monoisotopic (exact) mass is 248 g/mol. The highest BCUT2D eigenvalue weighted by Gasteiger charge is 2.19. The number of carbonyl (C=O) groups is 1. The summed E-state index contributed by atoms with van der Waals surface area (Å²) < 4.78 is 5.36. The molecule has 0 aliphatic heterocycles. The second-order valence-corrected chi connectivity index (χ2v) is 4.62. The van der Waals surface area contributed by atoms with Crippen LogP contribution in [0.15, 0.2) is 18.2 Å². The number of benzene rings is 1. The van der Waals surface area contributed by atoms with E-state index in [0.29, 0.717) is 6.04 Å². The van der Waals surface area contributed by atoms with Crippen LogP contribution in [0.25, 0.3) is 0 Å². The van der Waals surface area contributed by atoms with Gasteiger partial charge in [0.25, 0.3) is 5.91 Å². The Labute approximate surface area is 108 Å². The van der Waals surface area contributed by atoms with E-state index in [1.807, 2.05) is 12.1 Å². The van der Waals surface area contributed by atoms with Crippen molar-refractivity contribution in [3.8, 4) is 5.75 Å². The number of primary amides is 1. The van der Waals surface area contributed by atoms with Gasteiger partial charge in [0.1, 0.15) is 5.75 Å². The Morgan fingerprint density at radius 2 is 2.39 bits per heavy atom. The fraction of sp³-hybridized carbons (Fsp3) is 0.500. The van der Waals surface area contributed by atoms with Crippen molar-refractivity contribution in [1.29, 1.82) is 0 Å². The Hall–Kier alpha value is -1.55. The fourth-order valence-electron chi connectivity index (χ4n) is 2.48. The van der Waals surface area contributed by atoms with E-state index in [0.717, 1.165) is 25.1 Å². The molecule has 0 bridgehead atoms. The molecular weight excluding hydrogens is 228 g/mol. The zero-order chi connectivity index (χ0) is 13.0. The third kappa shape index (κ3) is 3.01. The predicted molar refractivity (Wildman–Crippen MR) is 70.5 cm³/mol. The molecule has 1 atom stereocenters. The minimum atomic E-state index is -0.448. The highest BCUT2D eigenvalue weighted by atomic mass is 16.5. The Morgan fingerprint density at radius 1 is 1.56 bits per heavy atom. The van der Waals surface area contributed by atoms with Crippen molar-refractivity contribution in [2.75, 3.05) is 13.2 Å². The third-order valence-electron chi connectivity index (χ3n) is 3.26. The van der Waals surface area contributed by atoms with Crippen molar-refractivity contribution in [2.45, 2.75) is 32.2 Å². The standard InChI is InChI=1S/C14H20N2O2/c1-2-16-13-5-3-4-10-6-7-11(8-12(10)13)18-9-14(15)17/h6-8,13,16H,2-5,9H2,1H3,(H2,15,17). The second-order valence-electron chi connectivity index (χ2n) is 4.62. The molecule has 0 saturated heterocycles. The first-order valence-electron chi connectivity index (χ1n) is 6.48. The van der Waals surface area contributed by atoms with Crippen LogP contribution >= 0.6 is 0 Å². The molecule has 3 N–H and O–H groups in total. The number of fused-ring (bicyclic) bond motifs is 1. The van der Waals surface area contributed by atoms with Gasteiger partial charge in [0.05, 0.1) is 0 Å². The molecule has 0 radical (unpaired) electrons. The van der Waals surface area contributed by atoms with Gasteiger partial charge in [-0.3, -0.25) is 4.79 Å². The summed E-state index contributed by atoms with van der Waals surface area (Å²) in [7, 11) is 0. The van der Waals surface area contributed by atoms with Crippen LogP contribution in [-0.2, 0) is 11.2 Å². The van der Waals surface area contributed by atoms with Gasteiger partial charge in [-0.15, -0.1) is 0 Å². The Bertz CT molecular complexity index is 432. The molecule has 0 heterocycles. The smallest absolute Gasteiger partial charge is 0.255 e. The summed E-state index contributed by atoms with van der Waals surface area (Å²) in [6.45, 7) is 3.00. The predicted octanol–water partition coefficient (Wildman–Crippen LogP) is 1.54. The van der Waals surface area contributed by atoms with Gasteiger partial charge >= 0.3 is 0 Å². The number of nitrogens with one attached hydrogen (secondary N) is 1. The van der Waals surface area contributed by atoms with Gasteiger partial charge in [-0.05, 0) is 49.1 Å². The van der Waals surface area contributed by atoms with E-state index in [1.54, 1.807) is 0 Å². The average Bonchev–Trinajstić information content (AvgIpc) is 2.37. The van der Waals surface area contributed by atoms with Crippen LogP contribution in [0.4, 0.5) is 0 Å².